The standard InChI is InChI=1S/C24H30O5/c1-26-21-12-9-13-22(27-2)24(21)19(25)11-8-6-4-3-5-7-10-18-14-15-20-23(16-18)29-17-28-20/h9,12-16H,3-8,10-11,17H2,1-2H3. The molecule has 5 nitrogen and oxygen atoms in total. The Kier molecular flexibility index (Phi) is 7.79. The van der Waals surface area contributed by atoms with E-state index in [2.05, 4.69) is 12.1 Å². The van der Waals surface area contributed by atoms with E-state index in [9.17, 15) is 4.79 Å². The number of methoxy groups -OCH3 is 2. The summed E-state index contributed by atoms with van der Waals surface area (Å²) >= 11 is 0. The van der Waals surface area contributed by atoms with Gasteiger partial charge in [0.05, 0.1) is 14.2 Å². The summed E-state index contributed by atoms with van der Waals surface area (Å²) in [6.07, 6.45) is 8.24. The molecule has 5 heteroatoms. The van der Waals surface area contributed by atoms with E-state index in [-0.39, 0.29) is 5.78 Å². The maximum Gasteiger partial charge on any atom is 0.231 e. The fourth-order valence-corrected chi connectivity index (χ4v) is 3.67. The van der Waals surface area contributed by atoms with E-state index in [1.54, 1.807) is 26.4 Å². The van der Waals surface area contributed by atoms with Crippen LogP contribution >= 0.6 is 0 Å². The predicted octanol–water partition coefficient (Wildman–Crippen LogP) is 5.59. The van der Waals surface area contributed by atoms with Gasteiger partial charge >= 0.3 is 0 Å². The van der Waals surface area contributed by atoms with Gasteiger partial charge in [-0.3, -0.25) is 4.79 Å². The molecule has 0 atom stereocenters. The molecule has 1 aliphatic heterocycles. The molecule has 0 N–H and O–H groups in total. The van der Waals surface area contributed by atoms with Crippen molar-refractivity contribution in [3.05, 3.63) is 47.5 Å². The van der Waals surface area contributed by atoms with Crippen LogP contribution in [0, 0.1) is 0 Å². The lowest BCUT2D eigenvalue weighted by molar-refractivity contribution is 0.0973. The highest BCUT2D eigenvalue weighted by Crippen LogP contribution is 2.33. The van der Waals surface area contributed by atoms with Crippen molar-refractivity contribution in [3.63, 3.8) is 0 Å². The molecule has 0 unspecified atom stereocenters. The average Bonchev–Trinajstić information content (AvgIpc) is 3.22. The van der Waals surface area contributed by atoms with Gasteiger partial charge in [0.2, 0.25) is 6.79 Å². The first-order valence-electron chi connectivity index (χ1n) is 10.4. The normalized spacial score (nSPS) is 12.1. The highest BCUT2D eigenvalue weighted by molar-refractivity contribution is 6.01. The van der Waals surface area contributed by atoms with Gasteiger partial charge in [0.1, 0.15) is 17.1 Å². The summed E-state index contributed by atoms with van der Waals surface area (Å²) in [4.78, 5) is 12.6. The number of fused-ring (bicyclic) bond motifs is 1. The van der Waals surface area contributed by atoms with Gasteiger partial charge in [0.15, 0.2) is 17.3 Å². The van der Waals surface area contributed by atoms with Crippen LogP contribution in [0.5, 0.6) is 23.0 Å². The van der Waals surface area contributed by atoms with Crippen molar-refractivity contribution in [2.75, 3.05) is 21.0 Å². The molecule has 0 fully saturated rings. The molecule has 2 aromatic carbocycles. The fraction of sp³-hybridized carbons (Fsp3) is 0.458. The lowest BCUT2D eigenvalue weighted by Crippen LogP contribution is -2.05. The van der Waals surface area contributed by atoms with Crippen molar-refractivity contribution >= 4 is 5.78 Å². The Morgan fingerprint density at radius 2 is 1.52 bits per heavy atom. The molecular formula is C24H30O5. The number of hydrogen-bond donors (Lipinski definition) is 0. The van der Waals surface area contributed by atoms with E-state index < -0.39 is 0 Å². The molecule has 1 aliphatic rings. The van der Waals surface area contributed by atoms with E-state index in [0.717, 1.165) is 43.6 Å². The molecular weight excluding hydrogens is 368 g/mol. The minimum absolute atomic E-state index is 0.0853. The zero-order valence-corrected chi connectivity index (χ0v) is 17.4. The van der Waals surface area contributed by atoms with Gasteiger partial charge in [-0.1, -0.05) is 37.8 Å². The summed E-state index contributed by atoms with van der Waals surface area (Å²) < 4.78 is 21.4. The molecule has 1 heterocycles. The van der Waals surface area contributed by atoms with Gasteiger partial charge in [-0.05, 0) is 49.1 Å². The van der Waals surface area contributed by atoms with Crippen molar-refractivity contribution in [2.45, 2.75) is 51.4 Å². The second kappa shape index (κ2) is 10.7. The lowest BCUT2D eigenvalue weighted by Gasteiger charge is -2.12. The first kappa shape index (κ1) is 21.0. The van der Waals surface area contributed by atoms with Crippen LogP contribution in [0.3, 0.4) is 0 Å². The first-order valence-corrected chi connectivity index (χ1v) is 10.4. The number of Topliss-reactive ketones (excluding diaryl/α,β-unsaturated/α-hetero) is 1. The molecule has 0 saturated carbocycles. The van der Waals surface area contributed by atoms with Gasteiger partial charge in [-0.25, -0.2) is 0 Å². The Morgan fingerprint density at radius 3 is 2.24 bits per heavy atom. The summed E-state index contributed by atoms with van der Waals surface area (Å²) in [5.74, 6) is 2.95. The van der Waals surface area contributed by atoms with Crippen LogP contribution in [-0.2, 0) is 6.42 Å². The van der Waals surface area contributed by atoms with Crippen molar-refractivity contribution in [3.8, 4) is 23.0 Å². The second-order valence-electron chi connectivity index (χ2n) is 7.27. The summed E-state index contributed by atoms with van der Waals surface area (Å²) in [6.45, 7) is 0.325. The Balaban J connectivity index is 1.31. The molecule has 0 radical (unpaired) electrons. The third kappa shape index (κ3) is 5.66. The van der Waals surface area contributed by atoms with Crippen LogP contribution in [-0.4, -0.2) is 26.8 Å². The summed E-state index contributed by atoms with van der Waals surface area (Å²) in [5, 5.41) is 0. The van der Waals surface area contributed by atoms with Crippen LogP contribution in [0.25, 0.3) is 0 Å². The largest absolute Gasteiger partial charge is 0.496 e. The fourth-order valence-electron chi connectivity index (χ4n) is 3.67. The van der Waals surface area contributed by atoms with Gasteiger partial charge in [-0.15, -0.1) is 0 Å². The number of unbranched alkanes of at least 4 members (excludes halogenated alkanes) is 5. The van der Waals surface area contributed by atoms with Crippen LogP contribution in [0.15, 0.2) is 36.4 Å². The molecule has 0 saturated heterocycles. The summed E-state index contributed by atoms with van der Waals surface area (Å²) in [6, 6.07) is 11.6. The molecule has 0 spiro atoms. The third-order valence-electron chi connectivity index (χ3n) is 5.26. The number of aryl methyl sites for hydroxylation is 1. The highest BCUT2D eigenvalue weighted by Gasteiger charge is 2.17. The first-order chi connectivity index (χ1) is 14.2. The Hall–Kier alpha value is -2.69. The quantitative estimate of drug-likeness (QED) is 0.345. The van der Waals surface area contributed by atoms with Gasteiger partial charge < -0.3 is 18.9 Å². The highest BCUT2D eigenvalue weighted by atomic mass is 16.7. The van der Waals surface area contributed by atoms with E-state index >= 15 is 0 Å². The minimum atomic E-state index is 0.0853. The number of ketones is 1. The van der Waals surface area contributed by atoms with Gasteiger partial charge in [0, 0.05) is 6.42 Å². The van der Waals surface area contributed by atoms with Crippen molar-refractivity contribution in [1.29, 1.82) is 0 Å². The molecule has 0 aromatic heterocycles. The summed E-state index contributed by atoms with van der Waals surface area (Å²) in [7, 11) is 3.16. The van der Waals surface area contributed by atoms with Crippen molar-refractivity contribution in [2.24, 2.45) is 0 Å². The van der Waals surface area contributed by atoms with E-state index in [1.807, 2.05) is 12.1 Å². The van der Waals surface area contributed by atoms with E-state index in [4.69, 9.17) is 18.9 Å². The van der Waals surface area contributed by atoms with Gasteiger partial charge in [0.25, 0.3) is 0 Å². The monoisotopic (exact) mass is 398 g/mol. The zero-order chi connectivity index (χ0) is 20.5. The average molecular weight is 398 g/mol. The van der Waals surface area contributed by atoms with Crippen molar-refractivity contribution in [1.82, 2.24) is 0 Å². The SMILES string of the molecule is COc1cccc(OC)c1C(=O)CCCCCCCCc1ccc2c(c1)OCO2. The number of ether oxygens (including phenoxy) is 4. The van der Waals surface area contributed by atoms with Crippen LogP contribution < -0.4 is 18.9 Å². The van der Waals surface area contributed by atoms with Crippen molar-refractivity contribution < 1.29 is 23.7 Å². The number of rotatable bonds is 12. The molecule has 3 rings (SSSR count). The molecule has 0 bridgehead atoms. The minimum Gasteiger partial charge on any atom is -0.496 e. The third-order valence-corrected chi connectivity index (χ3v) is 5.26. The smallest absolute Gasteiger partial charge is 0.231 e. The molecule has 0 aliphatic carbocycles. The number of carbonyl (C=O) groups excluding carboxylic acids is 1. The topological polar surface area (TPSA) is 54.0 Å². The molecule has 29 heavy (non-hydrogen) atoms. The molecule has 0 amide bonds. The Labute approximate surface area is 172 Å². The molecule has 2 aromatic rings. The maximum atomic E-state index is 12.6. The van der Waals surface area contributed by atoms with E-state index in [1.165, 1.54) is 18.4 Å². The predicted molar refractivity (Wildman–Crippen MR) is 112 cm³/mol. The lowest BCUT2D eigenvalue weighted by atomic mass is 10.0. The van der Waals surface area contributed by atoms with Crippen LogP contribution in [0.4, 0.5) is 0 Å². The molecule has 156 valence electrons. The second-order valence-corrected chi connectivity index (χ2v) is 7.27. The Morgan fingerprint density at radius 1 is 0.862 bits per heavy atom. The summed E-state index contributed by atoms with van der Waals surface area (Å²) in [5.41, 5.74) is 1.85. The number of benzene rings is 2. The number of hydrogen-bond acceptors (Lipinski definition) is 5. The van der Waals surface area contributed by atoms with E-state index in [0.29, 0.717) is 30.3 Å². The van der Waals surface area contributed by atoms with Gasteiger partial charge in [-0.2, -0.15) is 0 Å². The van der Waals surface area contributed by atoms with Crippen LogP contribution in [0.2, 0.25) is 0 Å². The van der Waals surface area contributed by atoms with Crippen LogP contribution in [0.1, 0.15) is 60.9 Å². The number of carbonyl (C=O) groups is 1. The Bertz CT molecular complexity index is 793. The zero-order valence-electron chi connectivity index (χ0n) is 17.4. The maximum absolute atomic E-state index is 12.6.